The molecular weight excluding hydrogens is 208 g/mol. The van der Waals surface area contributed by atoms with Crippen LogP contribution in [0.2, 0.25) is 0 Å². The van der Waals surface area contributed by atoms with Crippen molar-refractivity contribution in [3.05, 3.63) is 0 Å². The van der Waals surface area contributed by atoms with Crippen LogP contribution in [0, 0.1) is 0 Å². The third kappa shape index (κ3) is 11.5. The molecule has 0 saturated carbocycles. The highest BCUT2D eigenvalue weighted by atomic mass is 16.6. The lowest BCUT2D eigenvalue weighted by Crippen LogP contribution is -2.13. The highest BCUT2D eigenvalue weighted by Crippen LogP contribution is 2.02. The van der Waals surface area contributed by atoms with Crippen LogP contribution in [0.25, 0.3) is 0 Å². The van der Waals surface area contributed by atoms with Crippen molar-refractivity contribution < 1.29 is 19.0 Å². The molecule has 0 radical (unpaired) electrons. The van der Waals surface area contributed by atoms with Gasteiger partial charge in [-0.3, -0.25) is 0 Å². The summed E-state index contributed by atoms with van der Waals surface area (Å²) in [6, 6.07) is 0. The largest absolute Gasteiger partial charge is 0.467 e. The Hall–Kier alpha value is -0.610. The van der Waals surface area contributed by atoms with Crippen molar-refractivity contribution in [3.63, 3.8) is 0 Å². The zero-order valence-electron chi connectivity index (χ0n) is 10.5. The fraction of sp³-hybridized carbons (Fsp3) is 0.917. The summed E-state index contributed by atoms with van der Waals surface area (Å²) in [6.07, 6.45) is 6.21. The van der Waals surface area contributed by atoms with E-state index in [0.717, 1.165) is 13.0 Å². The number of ether oxygens (including phenoxy) is 3. The molecule has 0 saturated heterocycles. The van der Waals surface area contributed by atoms with Gasteiger partial charge in [0.1, 0.15) is 6.61 Å². The summed E-state index contributed by atoms with van der Waals surface area (Å²) in [5.74, 6) is -0.348. The molecule has 0 spiro atoms. The minimum atomic E-state index is -0.348. The summed E-state index contributed by atoms with van der Waals surface area (Å²) < 4.78 is 14.8. The number of hydrogen-bond donors (Lipinski definition) is 0. The first-order valence-corrected chi connectivity index (χ1v) is 6.03. The molecule has 0 heterocycles. The molecule has 0 aliphatic heterocycles. The van der Waals surface area contributed by atoms with E-state index >= 15 is 0 Å². The highest BCUT2D eigenvalue weighted by Gasteiger charge is 1.98. The maximum absolute atomic E-state index is 10.7. The first kappa shape index (κ1) is 15.4. The third-order valence-corrected chi connectivity index (χ3v) is 2.21. The van der Waals surface area contributed by atoms with Crippen molar-refractivity contribution in [2.45, 2.75) is 39.0 Å². The lowest BCUT2D eigenvalue weighted by atomic mass is 10.2. The van der Waals surface area contributed by atoms with Crippen molar-refractivity contribution in [2.75, 3.05) is 33.5 Å². The van der Waals surface area contributed by atoms with Crippen LogP contribution in [-0.2, 0) is 19.0 Å². The summed E-state index contributed by atoms with van der Waals surface area (Å²) in [6.45, 7) is 3.99. The Balaban J connectivity index is 2.96. The van der Waals surface area contributed by atoms with E-state index in [0.29, 0.717) is 13.2 Å². The molecule has 0 unspecified atom stereocenters. The van der Waals surface area contributed by atoms with Gasteiger partial charge in [-0.25, -0.2) is 4.79 Å². The fourth-order valence-electron chi connectivity index (χ4n) is 1.24. The van der Waals surface area contributed by atoms with Gasteiger partial charge in [0.15, 0.2) is 0 Å². The van der Waals surface area contributed by atoms with E-state index in [1.165, 1.54) is 32.8 Å². The normalized spacial score (nSPS) is 10.4. The second kappa shape index (κ2) is 12.5. The maximum atomic E-state index is 10.7. The van der Waals surface area contributed by atoms with Crippen LogP contribution in [0.15, 0.2) is 0 Å². The minimum absolute atomic E-state index is 0.0103. The average molecular weight is 232 g/mol. The molecule has 0 aromatic heterocycles. The Kier molecular flexibility index (Phi) is 12.0. The predicted octanol–water partition coefficient (Wildman–Crippen LogP) is 2.16. The van der Waals surface area contributed by atoms with E-state index in [-0.39, 0.29) is 12.6 Å². The molecule has 0 N–H and O–H groups in total. The number of unbranched alkanes of at least 4 members (excludes halogenated alkanes) is 4. The van der Waals surface area contributed by atoms with Gasteiger partial charge in [0.25, 0.3) is 0 Å². The number of carbonyl (C=O) groups excluding carboxylic acids is 1. The van der Waals surface area contributed by atoms with E-state index in [1.807, 2.05) is 0 Å². The lowest BCUT2D eigenvalue weighted by molar-refractivity contribution is -0.146. The molecule has 16 heavy (non-hydrogen) atoms. The molecule has 0 aromatic rings. The van der Waals surface area contributed by atoms with Gasteiger partial charge in [0.05, 0.1) is 20.3 Å². The van der Waals surface area contributed by atoms with E-state index in [2.05, 4.69) is 11.7 Å². The van der Waals surface area contributed by atoms with Crippen molar-refractivity contribution in [2.24, 2.45) is 0 Å². The SMILES string of the molecule is CCCCCCCOCCOCC(=O)OC. The highest BCUT2D eigenvalue weighted by molar-refractivity contribution is 5.70. The molecule has 0 bridgehead atoms. The van der Waals surface area contributed by atoms with Gasteiger partial charge >= 0.3 is 5.97 Å². The van der Waals surface area contributed by atoms with Crippen molar-refractivity contribution in [1.82, 2.24) is 0 Å². The second-order valence-electron chi connectivity index (χ2n) is 3.66. The fourth-order valence-corrected chi connectivity index (χ4v) is 1.24. The molecule has 96 valence electrons. The van der Waals surface area contributed by atoms with Crippen LogP contribution < -0.4 is 0 Å². The molecule has 0 aromatic carbocycles. The van der Waals surface area contributed by atoms with Crippen molar-refractivity contribution in [1.29, 1.82) is 0 Å². The second-order valence-corrected chi connectivity index (χ2v) is 3.66. The molecule has 0 aliphatic carbocycles. The van der Waals surface area contributed by atoms with Gasteiger partial charge < -0.3 is 14.2 Å². The van der Waals surface area contributed by atoms with Crippen LogP contribution in [0.3, 0.4) is 0 Å². The Labute approximate surface area is 98.3 Å². The molecule has 0 rings (SSSR count). The van der Waals surface area contributed by atoms with Gasteiger partial charge in [-0.1, -0.05) is 32.6 Å². The number of methoxy groups -OCH3 is 1. The monoisotopic (exact) mass is 232 g/mol. The van der Waals surface area contributed by atoms with Crippen molar-refractivity contribution >= 4 is 5.97 Å². The summed E-state index contributed by atoms with van der Waals surface area (Å²) in [5, 5.41) is 0. The van der Waals surface area contributed by atoms with E-state index in [4.69, 9.17) is 9.47 Å². The molecule has 0 fully saturated rings. The maximum Gasteiger partial charge on any atom is 0.331 e. The molecule has 4 nitrogen and oxygen atoms in total. The van der Waals surface area contributed by atoms with Gasteiger partial charge in [-0.05, 0) is 6.42 Å². The van der Waals surface area contributed by atoms with Crippen LogP contribution >= 0.6 is 0 Å². The van der Waals surface area contributed by atoms with E-state index < -0.39 is 0 Å². The molecule has 0 atom stereocenters. The lowest BCUT2D eigenvalue weighted by Gasteiger charge is -2.04. The molecule has 0 aliphatic rings. The standard InChI is InChI=1S/C12H24O4/c1-3-4-5-6-7-8-15-9-10-16-11-12(13)14-2/h3-11H2,1-2H3. The summed E-state index contributed by atoms with van der Waals surface area (Å²) in [7, 11) is 1.35. The Bertz CT molecular complexity index is 159. The van der Waals surface area contributed by atoms with Crippen LogP contribution in [-0.4, -0.2) is 39.5 Å². The van der Waals surface area contributed by atoms with Gasteiger partial charge in [0, 0.05) is 6.61 Å². The zero-order chi connectivity index (χ0) is 12.1. The quantitative estimate of drug-likeness (QED) is 0.404. The zero-order valence-corrected chi connectivity index (χ0v) is 10.5. The minimum Gasteiger partial charge on any atom is -0.467 e. The Morgan fingerprint density at radius 3 is 2.31 bits per heavy atom. The summed E-state index contributed by atoms with van der Waals surface area (Å²) >= 11 is 0. The first-order chi connectivity index (χ1) is 7.81. The number of hydrogen-bond acceptors (Lipinski definition) is 4. The van der Waals surface area contributed by atoms with Gasteiger partial charge in [-0.2, -0.15) is 0 Å². The first-order valence-electron chi connectivity index (χ1n) is 6.03. The topological polar surface area (TPSA) is 44.8 Å². The summed E-state index contributed by atoms with van der Waals surface area (Å²) in [5.41, 5.74) is 0. The molecule has 4 heteroatoms. The van der Waals surface area contributed by atoms with Gasteiger partial charge in [-0.15, -0.1) is 0 Å². The van der Waals surface area contributed by atoms with Gasteiger partial charge in [0.2, 0.25) is 0 Å². The third-order valence-electron chi connectivity index (χ3n) is 2.21. The number of carbonyl (C=O) groups is 1. The summed E-state index contributed by atoms with van der Waals surface area (Å²) in [4.78, 5) is 10.7. The number of esters is 1. The molecule has 0 amide bonds. The van der Waals surface area contributed by atoms with Crippen LogP contribution in [0.4, 0.5) is 0 Å². The van der Waals surface area contributed by atoms with Crippen LogP contribution in [0.1, 0.15) is 39.0 Å². The van der Waals surface area contributed by atoms with Crippen molar-refractivity contribution in [3.8, 4) is 0 Å². The van der Waals surface area contributed by atoms with E-state index in [9.17, 15) is 4.79 Å². The number of rotatable bonds is 11. The smallest absolute Gasteiger partial charge is 0.331 e. The predicted molar refractivity (Wildman–Crippen MR) is 62.4 cm³/mol. The average Bonchev–Trinajstić information content (AvgIpc) is 2.31. The van der Waals surface area contributed by atoms with E-state index in [1.54, 1.807) is 0 Å². The Morgan fingerprint density at radius 1 is 0.938 bits per heavy atom. The van der Waals surface area contributed by atoms with Crippen LogP contribution in [0.5, 0.6) is 0 Å². The molecular formula is C12H24O4. The Morgan fingerprint density at radius 2 is 1.62 bits per heavy atom.